The molecule has 0 radical (unpaired) electrons. The van der Waals surface area contributed by atoms with Crippen LogP contribution < -0.4 is 29.4 Å². The van der Waals surface area contributed by atoms with E-state index in [1.165, 1.54) is 28.5 Å². The number of carboxylic acid groups (broad SMARTS) is 1. The van der Waals surface area contributed by atoms with Gasteiger partial charge in [0, 0.05) is 71.7 Å². The number of nitrogens with one attached hydrogen (secondary N) is 2. The second-order valence-corrected chi connectivity index (χ2v) is 22.9. The molecule has 3 fully saturated rings. The lowest BCUT2D eigenvalue weighted by Crippen LogP contribution is -2.63. The highest BCUT2D eigenvalue weighted by Crippen LogP contribution is 2.52. The number of benzene rings is 2. The number of amides is 2. The van der Waals surface area contributed by atoms with E-state index in [2.05, 4.69) is 24.9 Å². The summed E-state index contributed by atoms with van der Waals surface area (Å²) in [7, 11) is -0.880. The summed E-state index contributed by atoms with van der Waals surface area (Å²) < 4.78 is 49.7. The van der Waals surface area contributed by atoms with Gasteiger partial charge in [0.15, 0.2) is 11.5 Å². The molecule has 4 aliphatic rings. The van der Waals surface area contributed by atoms with Crippen LogP contribution in [0.25, 0.3) is 0 Å². The molecular weight excluding hydrogens is 1010 g/mol. The number of likely N-dealkylation sites (tertiary alicyclic amines) is 2. The summed E-state index contributed by atoms with van der Waals surface area (Å²) in [6.07, 6.45) is 5.27. The van der Waals surface area contributed by atoms with E-state index in [1.807, 2.05) is 50.2 Å². The van der Waals surface area contributed by atoms with Crippen LogP contribution in [0, 0.1) is 17.3 Å². The number of ether oxygens (including phenoxy) is 4. The molecule has 4 aliphatic heterocycles. The first-order valence-electron chi connectivity index (χ1n) is 25.4. The third-order valence-electron chi connectivity index (χ3n) is 14.7. The van der Waals surface area contributed by atoms with Gasteiger partial charge in [0.2, 0.25) is 17.6 Å². The van der Waals surface area contributed by atoms with E-state index >= 15 is 0 Å². The van der Waals surface area contributed by atoms with E-state index in [-0.39, 0.29) is 42.6 Å². The van der Waals surface area contributed by atoms with Crippen LogP contribution >= 0.6 is 11.8 Å². The van der Waals surface area contributed by atoms with Gasteiger partial charge in [-0.3, -0.25) is 19.3 Å². The lowest BCUT2D eigenvalue weighted by atomic mass is 9.79. The number of aliphatic hydroxyl groups excluding tert-OH is 1. The molecular formula is C52H70N8O13S2. The molecule has 0 aliphatic carbocycles. The summed E-state index contributed by atoms with van der Waals surface area (Å²) in [5.41, 5.74) is 1.41. The zero-order valence-electron chi connectivity index (χ0n) is 43.5. The molecule has 5 heterocycles. The summed E-state index contributed by atoms with van der Waals surface area (Å²) in [6.45, 7) is 10.4. The molecule has 0 saturated carbocycles. The summed E-state index contributed by atoms with van der Waals surface area (Å²) in [4.78, 5) is 80.7. The van der Waals surface area contributed by atoms with Gasteiger partial charge in [-0.25, -0.2) is 29.4 Å². The van der Waals surface area contributed by atoms with E-state index in [4.69, 9.17) is 24.1 Å². The first-order valence-corrected chi connectivity index (χ1v) is 27.8. The molecule has 3 aromatic rings. The number of carbonyl (C=O) groups excluding carboxylic acids is 4. The Kier molecular flexibility index (Phi) is 18.5. The molecule has 7 rings (SSSR count). The molecule has 8 atom stereocenters. The molecule has 6 N–H and O–H groups in total. The SMILES string of the molecule is CCC(C)(C)C(=O)C(=O)N1CCCC[C@H]1C(=O)O[C@H](CCc1ccc(OC)c(OC)c1)c1cccc(OCCNc2ncc(CN3C[C@@H](SC4=C(C(=O)O)N5C(=O)[C@H]([C@@H](C)O)[C@H]5[C@H]4C)C[C@H]3CNS(N)(=O)=O)cn2)c1. The first-order chi connectivity index (χ1) is 35.6. The van der Waals surface area contributed by atoms with E-state index in [9.17, 15) is 42.6 Å². The largest absolute Gasteiger partial charge is 0.493 e. The number of ketones is 1. The van der Waals surface area contributed by atoms with Crippen molar-refractivity contribution < 1.29 is 61.6 Å². The fourth-order valence-electron chi connectivity index (χ4n) is 10.2. The standard InChI is InChI=1S/C52H70N8O13S2/c1-8-52(4,5)46(62)48(64)59-20-10-9-14-38(59)50(67)73-39(17-15-32-16-18-40(70-6)41(22-32)71-7)34-12-11-13-36(23-34)72-21-19-54-51-55-25-33(26-56-51)28-58-29-37(24-35(58)27-57-75(53,68)69)74-45-30(2)43-42(31(3)61)47(63)60(43)44(45)49(65)66/h11-13,16,18,22-23,25-26,30-31,35,37-39,42-43,57,61H,8-10,14-15,17,19-21,24,27-29H2,1-7H3,(H,65,66)(H2,53,68,69)(H,54,55,56)/t30-,31-,35+,37+,38+,39-,42-,43-/m1/s1. The van der Waals surface area contributed by atoms with Crippen LogP contribution in [0.3, 0.4) is 0 Å². The van der Waals surface area contributed by atoms with E-state index < -0.39 is 75.4 Å². The van der Waals surface area contributed by atoms with E-state index in [0.717, 1.165) is 11.1 Å². The Labute approximate surface area is 442 Å². The minimum atomic E-state index is -4.01. The molecule has 3 saturated heterocycles. The number of hydrogen-bond donors (Lipinski definition) is 5. The average molecular weight is 1080 g/mol. The zero-order valence-corrected chi connectivity index (χ0v) is 45.2. The van der Waals surface area contributed by atoms with E-state index in [1.54, 1.807) is 46.5 Å². The number of aliphatic hydroxyl groups is 1. The third kappa shape index (κ3) is 13.4. The number of rotatable bonds is 25. The van der Waals surface area contributed by atoms with Crippen LogP contribution in [0.15, 0.2) is 65.5 Å². The second-order valence-electron chi connectivity index (χ2n) is 20.2. The van der Waals surface area contributed by atoms with Crippen molar-refractivity contribution in [3.05, 3.63) is 82.2 Å². The van der Waals surface area contributed by atoms with Crippen LogP contribution in [0.5, 0.6) is 17.2 Å². The van der Waals surface area contributed by atoms with Crippen molar-refractivity contribution in [1.82, 2.24) is 29.4 Å². The number of aliphatic carboxylic acids is 1. The third-order valence-corrected chi connectivity index (χ3v) is 16.8. The normalized spacial score (nSPS) is 22.8. The number of Topliss-reactive ketones (excluding diaryl/α,β-unsaturated/α-hetero) is 1. The number of carboxylic acids is 1. The molecule has 75 heavy (non-hydrogen) atoms. The number of methoxy groups -OCH3 is 2. The smallest absolute Gasteiger partial charge is 0.353 e. The number of esters is 1. The highest BCUT2D eigenvalue weighted by molar-refractivity contribution is 8.03. The van der Waals surface area contributed by atoms with Gasteiger partial charge in [-0.1, -0.05) is 45.9 Å². The lowest BCUT2D eigenvalue weighted by Gasteiger charge is -2.46. The number of hydrogen-bond acceptors (Lipinski definition) is 17. The Bertz CT molecular complexity index is 2720. The lowest BCUT2D eigenvalue weighted by molar-refractivity contribution is -0.164. The van der Waals surface area contributed by atoms with Gasteiger partial charge in [0.1, 0.15) is 30.2 Å². The van der Waals surface area contributed by atoms with Crippen molar-refractivity contribution in [3.63, 3.8) is 0 Å². The molecule has 2 amide bonds. The predicted molar refractivity (Wildman–Crippen MR) is 279 cm³/mol. The number of piperidine rings is 1. The molecule has 408 valence electrons. The Morgan fingerprint density at radius 1 is 1.03 bits per heavy atom. The summed E-state index contributed by atoms with van der Waals surface area (Å²) in [5, 5.41) is 28.8. The van der Waals surface area contributed by atoms with Crippen LogP contribution in [0.2, 0.25) is 0 Å². The molecule has 23 heteroatoms. The molecule has 1 aromatic heterocycles. The minimum Gasteiger partial charge on any atom is -0.493 e. The van der Waals surface area contributed by atoms with Crippen LogP contribution in [0.1, 0.15) is 95.9 Å². The van der Waals surface area contributed by atoms with Gasteiger partial charge in [0.25, 0.3) is 16.1 Å². The Morgan fingerprint density at radius 3 is 2.43 bits per heavy atom. The number of β-lactam (4-membered cyclic amide) rings is 1. The van der Waals surface area contributed by atoms with Crippen molar-refractivity contribution in [2.45, 2.75) is 122 Å². The fourth-order valence-corrected chi connectivity index (χ4v) is 12.3. The predicted octanol–water partition coefficient (Wildman–Crippen LogP) is 4.21. The highest BCUT2D eigenvalue weighted by atomic mass is 32.2. The zero-order chi connectivity index (χ0) is 54.4. The number of nitrogens with zero attached hydrogens (tertiary/aromatic N) is 5. The fraction of sp³-hybridized carbons (Fsp3) is 0.558. The Balaban J connectivity index is 0.979. The Hall–Kier alpha value is -5.85. The van der Waals surface area contributed by atoms with Gasteiger partial charge in [-0.15, -0.1) is 11.8 Å². The second kappa shape index (κ2) is 24.4. The summed E-state index contributed by atoms with van der Waals surface area (Å²) >= 11 is 1.37. The van der Waals surface area contributed by atoms with Crippen LogP contribution in [-0.4, -0.2) is 149 Å². The van der Waals surface area contributed by atoms with Gasteiger partial charge < -0.3 is 44.3 Å². The summed E-state index contributed by atoms with van der Waals surface area (Å²) in [6, 6.07) is 11.2. The maximum absolute atomic E-state index is 14.1. The minimum absolute atomic E-state index is 0.0185. The van der Waals surface area contributed by atoms with Crippen molar-refractivity contribution in [3.8, 4) is 17.2 Å². The topological polar surface area (TPSA) is 282 Å². The van der Waals surface area contributed by atoms with Crippen molar-refractivity contribution in [2.75, 3.05) is 52.3 Å². The molecule has 0 unspecified atom stereocenters. The van der Waals surface area contributed by atoms with Crippen molar-refractivity contribution in [2.24, 2.45) is 22.4 Å². The van der Waals surface area contributed by atoms with Gasteiger partial charge >= 0.3 is 11.9 Å². The van der Waals surface area contributed by atoms with Gasteiger partial charge in [-0.2, -0.15) is 8.42 Å². The number of nitrogens with two attached hydrogens (primary N) is 1. The van der Waals surface area contributed by atoms with Crippen LogP contribution in [-0.2, 0) is 51.9 Å². The quantitative estimate of drug-likeness (QED) is 0.0344. The highest BCUT2D eigenvalue weighted by Gasteiger charge is 2.60. The van der Waals surface area contributed by atoms with Gasteiger partial charge in [-0.05, 0) is 87.3 Å². The molecule has 0 spiro atoms. The monoisotopic (exact) mass is 1080 g/mol. The summed E-state index contributed by atoms with van der Waals surface area (Å²) in [5.74, 6) is -2.39. The number of carbonyl (C=O) groups is 5. The maximum Gasteiger partial charge on any atom is 0.353 e. The number of aromatic nitrogens is 2. The van der Waals surface area contributed by atoms with Crippen molar-refractivity contribution >= 4 is 57.5 Å². The van der Waals surface area contributed by atoms with Crippen LogP contribution in [0.4, 0.5) is 5.95 Å². The maximum atomic E-state index is 14.1. The number of aryl methyl sites for hydroxylation is 1. The molecule has 2 aromatic carbocycles. The first kappa shape index (κ1) is 56.9. The molecule has 21 nitrogen and oxygen atoms in total. The van der Waals surface area contributed by atoms with Crippen molar-refractivity contribution in [1.29, 1.82) is 0 Å². The number of anilines is 1. The number of thioether (sulfide) groups is 1. The Morgan fingerprint density at radius 2 is 1.76 bits per heavy atom. The molecule has 0 bridgehead atoms. The van der Waals surface area contributed by atoms with E-state index in [0.29, 0.717) is 98.2 Å². The number of fused-ring (bicyclic) bond motifs is 1. The average Bonchev–Trinajstić information content (AvgIpc) is 3.90. The van der Waals surface area contributed by atoms with Gasteiger partial charge in [0.05, 0.1) is 38.8 Å².